The van der Waals surface area contributed by atoms with E-state index in [2.05, 4.69) is 125 Å². The standard InChI is InChI=1S/6C6H15P.3Ni.2HSe/c6*1-4-7(5-2)6-3;;;;;/h6*4-6H2,1-3H3;;;;2*1H/p+6. The van der Waals surface area contributed by atoms with Crippen LogP contribution in [0, 0.1) is 0 Å². The fraction of sp³-hybridized carbons (Fsp3) is 1.00. The van der Waals surface area contributed by atoms with Gasteiger partial charge in [-0.15, -0.1) is 0 Å². The maximum atomic E-state index is 2.31. The third kappa shape index (κ3) is 72.9. The molecule has 0 aliphatic heterocycles. The Labute approximate surface area is 363 Å². The van der Waals surface area contributed by atoms with Gasteiger partial charge in [0.1, 0.15) is 0 Å². The molecule has 0 aromatic heterocycles. The SMILES string of the molecule is CC[PH+](CC)CC.CC[PH+](CC)CC.CC[PH+](CC)CC.CC[PH+](CC)CC.CC[PH+](CC)CC.CC[PH+](CC)CC.[Ni].[Ni].[Ni].[SeH].[SeH]. The van der Waals surface area contributed by atoms with E-state index in [1.54, 1.807) is 0 Å². The second-order valence-corrected chi connectivity index (χ2v) is 32.6. The molecule has 0 aliphatic rings. The first-order valence-corrected chi connectivity index (χ1v) is 31.8. The summed E-state index contributed by atoms with van der Waals surface area (Å²) in [6, 6.07) is 0. The monoisotopic (exact) mass is 1050 g/mol. The molecule has 0 aromatic rings. The summed E-state index contributed by atoms with van der Waals surface area (Å²) in [5.41, 5.74) is 0. The molecule has 0 saturated carbocycles. The van der Waals surface area contributed by atoms with Crippen LogP contribution in [0.1, 0.15) is 125 Å². The predicted molar refractivity (Wildman–Crippen MR) is 254 cm³/mol. The molecule has 0 saturated heterocycles. The van der Waals surface area contributed by atoms with Crippen molar-refractivity contribution in [3.63, 3.8) is 0 Å². The molecule has 0 amide bonds. The minimum absolute atomic E-state index is 0. The van der Waals surface area contributed by atoms with Gasteiger partial charge in [-0.3, -0.25) is 0 Å². The van der Waals surface area contributed by atoms with Gasteiger partial charge in [0, 0.05) is 49.5 Å². The zero-order valence-corrected chi connectivity index (χ0v) is 48.3. The molecule has 0 bridgehead atoms. The van der Waals surface area contributed by atoms with Crippen LogP contribution in [0.2, 0.25) is 0 Å². The Hall–Kier alpha value is 5.10. The van der Waals surface area contributed by atoms with Crippen LogP contribution in [0.25, 0.3) is 0 Å². The first kappa shape index (κ1) is 80.5. The van der Waals surface area contributed by atoms with E-state index in [0.29, 0.717) is 0 Å². The van der Waals surface area contributed by atoms with Gasteiger partial charge < -0.3 is 0 Å². The van der Waals surface area contributed by atoms with E-state index in [1.165, 1.54) is 111 Å². The molecule has 0 unspecified atom stereocenters. The Morgan fingerprint density at radius 1 is 0.170 bits per heavy atom. The topological polar surface area (TPSA) is 0 Å². The molecule has 0 aromatic carbocycles. The Kier molecular flexibility index (Phi) is 130. The van der Waals surface area contributed by atoms with Gasteiger partial charge in [0.15, 0.2) is 0 Å². The van der Waals surface area contributed by atoms with E-state index in [1.807, 2.05) is 0 Å². The normalized spacial score (nSPS) is 9.19. The van der Waals surface area contributed by atoms with Crippen molar-refractivity contribution < 1.29 is 49.5 Å². The van der Waals surface area contributed by atoms with Crippen LogP contribution < -0.4 is 0 Å². The first-order chi connectivity index (χ1) is 20.1. The second-order valence-electron chi connectivity index (χ2n) is 10.9. The van der Waals surface area contributed by atoms with Gasteiger partial charge in [-0.25, -0.2) is 0 Å². The summed E-state index contributed by atoms with van der Waals surface area (Å²) >= 11 is 0. The zero-order chi connectivity index (χ0) is 34.2. The van der Waals surface area contributed by atoms with E-state index in [-0.39, 0.29) is 131 Å². The van der Waals surface area contributed by atoms with E-state index in [9.17, 15) is 0 Å². The van der Waals surface area contributed by atoms with Crippen LogP contribution in [0.3, 0.4) is 0 Å². The maximum absolute atomic E-state index is 2.31. The van der Waals surface area contributed by atoms with Crippen molar-refractivity contribution >= 4 is 81.7 Å². The summed E-state index contributed by atoms with van der Waals surface area (Å²) in [5.74, 6) is 0. The van der Waals surface area contributed by atoms with E-state index in [0.717, 1.165) is 0 Å². The van der Waals surface area contributed by atoms with Gasteiger partial charge in [-0.2, -0.15) is 0 Å². The molecule has 308 valence electrons. The van der Waals surface area contributed by atoms with Crippen LogP contribution in [0.15, 0.2) is 0 Å². The fourth-order valence-electron chi connectivity index (χ4n) is 4.50. The molecule has 0 spiro atoms. The molecule has 0 N–H and O–H groups in total. The predicted octanol–water partition coefficient (Wildman–Crippen LogP) is 12.3. The van der Waals surface area contributed by atoms with Crippen molar-refractivity contribution in [2.75, 3.05) is 111 Å². The zero-order valence-electron chi connectivity index (χ0n) is 35.6. The molecule has 47 heavy (non-hydrogen) atoms. The van der Waals surface area contributed by atoms with Crippen molar-refractivity contribution in [1.29, 1.82) is 0 Å². The van der Waals surface area contributed by atoms with Crippen LogP contribution in [-0.2, 0) is 49.5 Å². The van der Waals surface area contributed by atoms with Crippen molar-refractivity contribution in [2.45, 2.75) is 125 Å². The quantitative estimate of drug-likeness (QED) is 0.0948. The molecular weight excluding hydrogens is 952 g/mol. The summed E-state index contributed by atoms with van der Waals surface area (Å²) in [4.78, 5) is 0. The van der Waals surface area contributed by atoms with Crippen molar-refractivity contribution in [3.05, 3.63) is 0 Å². The van der Waals surface area contributed by atoms with Gasteiger partial charge >= 0.3 is 34.1 Å². The molecule has 0 heterocycles. The van der Waals surface area contributed by atoms with Crippen LogP contribution in [0.5, 0.6) is 0 Å². The molecule has 0 rings (SSSR count). The molecule has 2 radical (unpaired) electrons. The summed E-state index contributed by atoms with van der Waals surface area (Å²) in [7, 11) is 0.824. The number of rotatable bonds is 18. The summed E-state index contributed by atoms with van der Waals surface area (Å²) in [6.45, 7) is 41.5. The van der Waals surface area contributed by atoms with Gasteiger partial charge in [-0.05, 0) is 172 Å². The Balaban J connectivity index is -0.0000000360. The molecule has 0 fully saturated rings. The molecule has 0 atom stereocenters. The Morgan fingerprint density at radius 2 is 0.213 bits per heavy atom. The summed E-state index contributed by atoms with van der Waals surface area (Å²) < 4.78 is 0. The van der Waals surface area contributed by atoms with Crippen molar-refractivity contribution in [1.82, 2.24) is 0 Å². The molecule has 0 aliphatic carbocycles. The van der Waals surface area contributed by atoms with Crippen molar-refractivity contribution in [3.8, 4) is 0 Å². The van der Waals surface area contributed by atoms with Gasteiger partial charge in [-0.1, -0.05) is 0 Å². The Morgan fingerprint density at radius 3 is 0.213 bits per heavy atom. The minimum atomic E-state index is 0. The summed E-state index contributed by atoms with van der Waals surface area (Å²) in [6.07, 6.45) is 26.2. The van der Waals surface area contributed by atoms with E-state index >= 15 is 0 Å². The number of hydrogen-bond donors (Lipinski definition) is 0. The summed E-state index contributed by atoms with van der Waals surface area (Å²) in [5, 5.41) is 0. The van der Waals surface area contributed by atoms with Gasteiger partial charge in [0.25, 0.3) is 0 Å². The average Bonchev–Trinajstić information content (AvgIpc) is 3.04. The fourth-order valence-corrected chi connectivity index (χ4v) is 13.5. The van der Waals surface area contributed by atoms with Crippen LogP contribution in [0.4, 0.5) is 0 Å². The molecule has 11 heteroatoms. The van der Waals surface area contributed by atoms with Crippen LogP contribution in [-0.4, -0.2) is 145 Å². The van der Waals surface area contributed by atoms with E-state index in [4.69, 9.17) is 0 Å². The first-order valence-electron chi connectivity index (χ1n) is 19.1. The van der Waals surface area contributed by atoms with Crippen LogP contribution >= 0.6 is 47.5 Å². The van der Waals surface area contributed by atoms with Crippen molar-refractivity contribution in [2.24, 2.45) is 0 Å². The molecular formula is C36H98Ni3P6Se2+6. The van der Waals surface area contributed by atoms with Gasteiger partial charge in [0.05, 0.1) is 111 Å². The second kappa shape index (κ2) is 75.9. The Bertz CT molecular complexity index is 275. The van der Waals surface area contributed by atoms with Gasteiger partial charge in [0.2, 0.25) is 0 Å². The van der Waals surface area contributed by atoms with E-state index < -0.39 is 0 Å². The third-order valence-electron chi connectivity index (χ3n) is 9.00. The third-order valence-corrected chi connectivity index (χ3v) is 27.0. The number of hydrogen-bond acceptors (Lipinski definition) is 0. The average molecular weight is 1050 g/mol. The molecule has 0 nitrogen and oxygen atoms in total.